The number of amides is 1. The maximum atomic E-state index is 11.4. The SMILES string of the molecule is CC(C(=O)NN)N1CCc2sccc2C1. The summed E-state index contributed by atoms with van der Waals surface area (Å²) < 4.78 is 0. The zero-order chi connectivity index (χ0) is 10.8. The Hall–Kier alpha value is -0.910. The van der Waals surface area contributed by atoms with Crippen molar-refractivity contribution >= 4 is 17.2 Å². The first-order chi connectivity index (χ1) is 7.22. The maximum Gasteiger partial charge on any atom is 0.250 e. The molecule has 3 N–H and O–H groups in total. The average molecular weight is 225 g/mol. The number of carbonyl (C=O) groups excluding carboxylic acids is 1. The molecule has 2 heterocycles. The molecule has 4 nitrogen and oxygen atoms in total. The smallest absolute Gasteiger partial charge is 0.250 e. The average Bonchev–Trinajstić information content (AvgIpc) is 2.73. The minimum Gasteiger partial charge on any atom is -0.293 e. The van der Waals surface area contributed by atoms with Crippen molar-refractivity contribution < 1.29 is 4.79 Å². The first-order valence-electron chi connectivity index (χ1n) is 5.02. The van der Waals surface area contributed by atoms with Gasteiger partial charge in [-0.15, -0.1) is 11.3 Å². The van der Waals surface area contributed by atoms with Gasteiger partial charge in [0.05, 0.1) is 6.04 Å². The molecule has 1 amide bonds. The van der Waals surface area contributed by atoms with E-state index in [0.717, 1.165) is 19.5 Å². The number of rotatable bonds is 2. The van der Waals surface area contributed by atoms with E-state index in [2.05, 4.69) is 21.8 Å². The fourth-order valence-electron chi connectivity index (χ4n) is 1.89. The Morgan fingerprint density at radius 2 is 2.53 bits per heavy atom. The van der Waals surface area contributed by atoms with Crippen molar-refractivity contribution in [3.8, 4) is 0 Å². The summed E-state index contributed by atoms with van der Waals surface area (Å²) in [5, 5.41) is 2.11. The molecule has 2 rings (SSSR count). The molecule has 1 aliphatic heterocycles. The molecule has 0 radical (unpaired) electrons. The van der Waals surface area contributed by atoms with Crippen LogP contribution in [-0.4, -0.2) is 23.4 Å². The lowest BCUT2D eigenvalue weighted by molar-refractivity contribution is -0.126. The molecule has 1 atom stereocenters. The van der Waals surface area contributed by atoms with Crippen LogP contribution in [0.5, 0.6) is 0 Å². The van der Waals surface area contributed by atoms with Gasteiger partial charge in [-0.05, 0) is 30.4 Å². The van der Waals surface area contributed by atoms with Crippen LogP contribution in [0.25, 0.3) is 0 Å². The molecule has 0 saturated heterocycles. The topological polar surface area (TPSA) is 58.4 Å². The normalized spacial score (nSPS) is 18.3. The third kappa shape index (κ3) is 2.04. The highest BCUT2D eigenvalue weighted by molar-refractivity contribution is 7.10. The summed E-state index contributed by atoms with van der Waals surface area (Å²) in [6, 6.07) is 1.99. The molecule has 0 spiro atoms. The number of fused-ring (bicyclic) bond motifs is 1. The van der Waals surface area contributed by atoms with Gasteiger partial charge in [0.1, 0.15) is 0 Å². The van der Waals surface area contributed by atoms with Gasteiger partial charge in [-0.3, -0.25) is 15.1 Å². The Kier molecular flexibility index (Phi) is 3.04. The summed E-state index contributed by atoms with van der Waals surface area (Å²) in [5.41, 5.74) is 3.55. The Labute approximate surface area is 93.0 Å². The highest BCUT2D eigenvalue weighted by atomic mass is 32.1. The number of thiophene rings is 1. The minimum absolute atomic E-state index is 0.117. The van der Waals surface area contributed by atoms with Crippen LogP contribution in [0.3, 0.4) is 0 Å². The Morgan fingerprint density at radius 1 is 1.73 bits per heavy atom. The van der Waals surface area contributed by atoms with E-state index in [9.17, 15) is 4.79 Å². The van der Waals surface area contributed by atoms with Crippen molar-refractivity contribution in [3.63, 3.8) is 0 Å². The molecule has 1 aromatic rings. The number of nitrogens with zero attached hydrogens (tertiary/aromatic N) is 1. The van der Waals surface area contributed by atoms with Crippen LogP contribution in [0.15, 0.2) is 11.4 Å². The molecule has 5 heteroatoms. The fraction of sp³-hybridized carbons (Fsp3) is 0.500. The van der Waals surface area contributed by atoms with E-state index in [4.69, 9.17) is 5.84 Å². The van der Waals surface area contributed by atoms with Gasteiger partial charge in [-0.1, -0.05) is 0 Å². The van der Waals surface area contributed by atoms with E-state index < -0.39 is 0 Å². The van der Waals surface area contributed by atoms with Gasteiger partial charge in [-0.25, -0.2) is 5.84 Å². The van der Waals surface area contributed by atoms with Crippen LogP contribution in [-0.2, 0) is 17.8 Å². The number of nitrogens with two attached hydrogens (primary N) is 1. The second kappa shape index (κ2) is 4.30. The van der Waals surface area contributed by atoms with E-state index in [1.54, 1.807) is 11.3 Å². The van der Waals surface area contributed by atoms with E-state index in [1.807, 2.05) is 6.92 Å². The Morgan fingerprint density at radius 3 is 3.27 bits per heavy atom. The van der Waals surface area contributed by atoms with E-state index >= 15 is 0 Å². The quantitative estimate of drug-likeness (QED) is 0.437. The maximum absolute atomic E-state index is 11.4. The second-order valence-electron chi connectivity index (χ2n) is 3.77. The molecular formula is C10H15N3OS. The number of hydrogen-bond donors (Lipinski definition) is 2. The van der Waals surface area contributed by atoms with Crippen molar-refractivity contribution in [3.05, 3.63) is 21.9 Å². The lowest BCUT2D eigenvalue weighted by Crippen LogP contribution is -2.48. The van der Waals surface area contributed by atoms with E-state index in [-0.39, 0.29) is 11.9 Å². The summed E-state index contributed by atoms with van der Waals surface area (Å²) in [6.07, 6.45) is 1.04. The van der Waals surface area contributed by atoms with Gasteiger partial charge in [-0.2, -0.15) is 0 Å². The third-order valence-electron chi connectivity index (χ3n) is 2.91. The van der Waals surface area contributed by atoms with Gasteiger partial charge >= 0.3 is 0 Å². The molecule has 0 saturated carbocycles. The Bertz CT molecular complexity index is 363. The summed E-state index contributed by atoms with van der Waals surface area (Å²) >= 11 is 1.80. The van der Waals surface area contributed by atoms with Gasteiger partial charge in [0.2, 0.25) is 0 Å². The molecule has 1 aromatic heterocycles. The molecule has 0 fully saturated rings. The van der Waals surface area contributed by atoms with Crippen molar-refractivity contribution in [1.29, 1.82) is 0 Å². The molecule has 0 aromatic carbocycles. The first kappa shape index (κ1) is 10.6. The van der Waals surface area contributed by atoms with Crippen molar-refractivity contribution in [2.75, 3.05) is 6.54 Å². The predicted molar refractivity (Wildman–Crippen MR) is 60.2 cm³/mol. The van der Waals surface area contributed by atoms with E-state index in [0.29, 0.717) is 0 Å². The van der Waals surface area contributed by atoms with Crippen molar-refractivity contribution in [2.45, 2.75) is 25.9 Å². The zero-order valence-corrected chi connectivity index (χ0v) is 9.51. The molecule has 15 heavy (non-hydrogen) atoms. The summed E-state index contributed by atoms with van der Waals surface area (Å²) in [4.78, 5) is 15.0. The Balaban J connectivity index is 2.06. The molecule has 0 bridgehead atoms. The standard InChI is InChI=1S/C10H15N3OS/c1-7(10(14)12-11)13-4-2-9-8(6-13)3-5-15-9/h3,5,7H,2,4,6,11H2,1H3,(H,12,14). The van der Waals surface area contributed by atoms with Gasteiger partial charge in [0.25, 0.3) is 5.91 Å². The monoisotopic (exact) mass is 225 g/mol. The van der Waals surface area contributed by atoms with E-state index in [1.165, 1.54) is 10.4 Å². The van der Waals surface area contributed by atoms with Gasteiger partial charge in [0.15, 0.2) is 0 Å². The summed E-state index contributed by atoms with van der Waals surface area (Å²) in [6.45, 7) is 3.68. The molecule has 1 aliphatic rings. The van der Waals surface area contributed by atoms with Gasteiger partial charge < -0.3 is 0 Å². The zero-order valence-electron chi connectivity index (χ0n) is 8.69. The van der Waals surface area contributed by atoms with Crippen LogP contribution in [0.2, 0.25) is 0 Å². The first-order valence-corrected chi connectivity index (χ1v) is 5.90. The van der Waals surface area contributed by atoms with Crippen LogP contribution in [0, 0.1) is 0 Å². The van der Waals surface area contributed by atoms with Crippen molar-refractivity contribution in [1.82, 2.24) is 10.3 Å². The van der Waals surface area contributed by atoms with Crippen LogP contribution in [0.4, 0.5) is 0 Å². The molecular weight excluding hydrogens is 210 g/mol. The van der Waals surface area contributed by atoms with Crippen molar-refractivity contribution in [2.24, 2.45) is 5.84 Å². The molecule has 82 valence electrons. The number of nitrogens with one attached hydrogen (secondary N) is 1. The lowest BCUT2D eigenvalue weighted by atomic mass is 10.1. The van der Waals surface area contributed by atoms with Crippen LogP contribution < -0.4 is 11.3 Å². The largest absolute Gasteiger partial charge is 0.293 e. The summed E-state index contributed by atoms with van der Waals surface area (Å²) in [7, 11) is 0. The highest BCUT2D eigenvalue weighted by Gasteiger charge is 2.25. The van der Waals surface area contributed by atoms with Crippen LogP contribution >= 0.6 is 11.3 Å². The summed E-state index contributed by atoms with van der Waals surface area (Å²) in [5.74, 6) is 5.01. The third-order valence-corrected chi connectivity index (χ3v) is 3.93. The number of hydrazine groups is 1. The molecule has 0 aliphatic carbocycles. The predicted octanol–water partition coefficient (Wildman–Crippen LogP) is 0.485. The fourth-order valence-corrected chi connectivity index (χ4v) is 2.78. The highest BCUT2D eigenvalue weighted by Crippen LogP contribution is 2.24. The number of hydrogen-bond acceptors (Lipinski definition) is 4. The van der Waals surface area contributed by atoms with Gasteiger partial charge in [0, 0.05) is 18.0 Å². The molecule has 1 unspecified atom stereocenters. The lowest BCUT2D eigenvalue weighted by Gasteiger charge is -2.31. The van der Waals surface area contributed by atoms with Crippen LogP contribution in [0.1, 0.15) is 17.4 Å². The minimum atomic E-state index is -0.150. The second-order valence-corrected chi connectivity index (χ2v) is 4.77. The number of carbonyl (C=O) groups is 1.